The van der Waals surface area contributed by atoms with Crippen molar-refractivity contribution in [3.05, 3.63) is 65.4 Å². The van der Waals surface area contributed by atoms with E-state index in [1.165, 1.54) is 10.9 Å². The Bertz CT molecular complexity index is 1060. The summed E-state index contributed by atoms with van der Waals surface area (Å²) in [6.07, 6.45) is 1.37. The molecule has 2 heterocycles. The number of benzene rings is 2. The fourth-order valence-corrected chi connectivity index (χ4v) is 3.40. The van der Waals surface area contributed by atoms with Crippen LogP contribution in [0.4, 0.5) is 11.4 Å². The maximum Gasteiger partial charge on any atom is 0.276 e. The van der Waals surface area contributed by atoms with Crippen LogP contribution in [0.25, 0.3) is 5.69 Å². The van der Waals surface area contributed by atoms with E-state index in [0.717, 1.165) is 13.1 Å². The molecule has 10 heteroatoms. The van der Waals surface area contributed by atoms with Crippen LogP contribution >= 0.6 is 11.6 Å². The average molecular weight is 441 g/mol. The number of amides is 2. The van der Waals surface area contributed by atoms with Crippen LogP contribution in [-0.2, 0) is 9.53 Å². The Kier molecular flexibility index (Phi) is 6.56. The Labute approximate surface area is 183 Å². The van der Waals surface area contributed by atoms with Crippen LogP contribution in [0.5, 0.6) is 0 Å². The van der Waals surface area contributed by atoms with E-state index in [4.69, 9.17) is 16.3 Å². The lowest BCUT2D eigenvalue weighted by Gasteiger charge is -2.25. The smallest absolute Gasteiger partial charge is 0.276 e. The van der Waals surface area contributed by atoms with Crippen LogP contribution in [-0.4, -0.2) is 64.6 Å². The minimum Gasteiger partial charge on any atom is -0.379 e. The predicted octanol–water partition coefficient (Wildman–Crippen LogP) is 2.44. The molecule has 2 aromatic carbocycles. The number of carbonyl (C=O) groups is 2. The van der Waals surface area contributed by atoms with Crippen LogP contribution in [0.1, 0.15) is 10.5 Å². The van der Waals surface area contributed by atoms with Gasteiger partial charge in [0, 0.05) is 24.5 Å². The molecule has 0 unspecified atom stereocenters. The number of morpholine rings is 1. The molecule has 160 valence electrons. The van der Waals surface area contributed by atoms with Gasteiger partial charge in [-0.2, -0.15) is 0 Å². The highest BCUT2D eigenvalue weighted by Crippen LogP contribution is 2.21. The SMILES string of the molecule is O=C(CN1CCOCC1)Nc1ccc(NC(=O)c2cnnn2-c2ccccc2Cl)cc1. The molecule has 0 spiro atoms. The number of halogens is 1. The third kappa shape index (κ3) is 5.26. The van der Waals surface area contributed by atoms with Crippen molar-refractivity contribution in [2.75, 3.05) is 43.5 Å². The number of aromatic nitrogens is 3. The highest BCUT2D eigenvalue weighted by Gasteiger charge is 2.17. The summed E-state index contributed by atoms with van der Waals surface area (Å²) >= 11 is 6.21. The molecule has 1 aliphatic heterocycles. The molecule has 0 bridgehead atoms. The lowest BCUT2D eigenvalue weighted by atomic mass is 10.2. The molecule has 31 heavy (non-hydrogen) atoms. The van der Waals surface area contributed by atoms with Crippen molar-refractivity contribution in [2.24, 2.45) is 0 Å². The van der Waals surface area contributed by atoms with Crippen LogP contribution < -0.4 is 10.6 Å². The molecule has 0 saturated carbocycles. The number of para-hydroxylation sites is 1. The molecule has 9 nitrogen and oxygen atoms in total. The maximum absolute atomic E-state index is 12.7. The van der Waals surface area contributed by atoms with E-state index in [0.29, 0.717) is 41.8 Å². The minimum atomic E-state index is -0.381. The lowest BCUT2D eigenvalue weighted by molar-refractivity contribution is -0.118. The van der Waals surface area contributed by atoms with Gasteiger partial charge in [-0.3, -0.25) is 14.5 Å². The van der Waals surface area contributed by atoms with Gasteiger partial charge in [0.25, 0.3) is 5.91 Å². The maximum atomic E-state index is 12.7. The van der Waals surface area contributed by atoms with Crippen LogP contribution in [0.3, 0.4) is 0 Å². The fraction of sp³-hybridized carbons (Fsp3) is 0.238. The summed E-state index contributed by atoms with van der Waals surface area (Å²) in [5.74, 6) is -0.470. The molecule has 2 amide bonds. The minimum absolute atomic E-state index is 0.0894. The van der Waals surface area contributed by atoms with Crippen molar-refractivity contribution in [3.63, 3.8) is 0 Å². The van der Waals surface area contributed by atoms with Gasteiger partial charge in [-0.25, -0.2) is 4.68 Å². The first kappa shape index (κ1) is 21.0. The number of ether oxygens (including phenoxy) is 1. The Morgan fingerprint density at radius 2 is 1.68 bits per heavy atom. The average Bonchev–Trinajstić information content (AvgIpc) is 3.26. The third-order valence-electron chi connectivity index (χ3n) is 4.76. The number of nitrogens with zero attached hydrogens (tertiary/aromatic N) is 4. The van der Waals surface area contributed by atoms with E-state index in [2.05, 4.69) is 20.9 Å². The third-order valence-corrected chi connectivity index (χ3v) is 5.08. The Balaban J connectivity index is 1.37. The molecule has 1 aliphatic rings. The monoisotopic (exact) mass is 440 g/mol. The van der Waals surface area contributed by atoms with Crippen molar-refractivity contribution >= 4 is 34.8 Å². The van der Waals surface area contributed by atoms with Gasteiger partial charge in [-0.1, -0.05) is 28.9 Å². The number of hydrogen-bond donors (Lipinski definition) is 2. The first-order chi connectivity index (χ1) is 15.1. The molecular weight excluding hydrogens is 420 g/mol. The zero-order chi connectivity index (χ0) is 21.6. The van der Waals surface area contributed by atoms with E-state index in [1.807, 2.05) is 4.90 Å². The predicted molar refractivity (Wildman–Crippen MR) is 117 cm³/mol. The zero-order valence-electron chi connectivity index (χ0n) is 16.6. The van der Waals surface area contributed by atoms with E-state index in [1.54, 1.807) is 48.5 Å². The molecule has 2 N–H and O–H groups in total. The summed E-state index contributed by atoms with van der Waals surface area (Å²) in [5.41, 5.74) is 2.03. The molecule has 1 aromatic heterocycles. The molecular formula is C21H21ClN6O3. The van der Waals surface area contributed by atoms with Crippen molar-refractivity contribution in [3.8, 4) is 5.69 Å². The summed E-state index contributed by atoms with van der Waals surface area (Å²) in [4.78, 5) is 27.0. The summed E-state index contributed by atoms with van der Waals surface area (Å²) < 4.78 is 6.67. The largest absolute Gasteiger partial charge is 0.379 e. The molecule has 3 aromatic rings. The lowest BCUT2D eigenvalue weighted by Crippen LogP contribution is -2.41. The standard InChI is InChI=1S/C21H21ClN6O3/c22-17-3-1-2-4-18(17)28-19(13-23-26-28)21(30)25-16-7-5-15(6-8-16)24-20(29)14-27-9-11-31-12-10-27/h1-8,13H,9-12,14H2,(H,24,29)(H,25,30). The van der Waals surface area contributed by atoms with Gasteiger partial charge in [0.15, 0.2) is 5.69 Å². The first-order valence-corrected chi connectivity index (χ1v) is 10.1. The zero-order valence-corrected chi connectivity index (χ0v) is 17.4. The van der Waals surface area contributed by atoms with Crippen molar-refractivity contribution in [1.82, 2.24) is 19.9 Å². The molecule has 1 fully saturated rings. The number of carbonyl (C=O) groups excluding carboxylic acids is 2. The van der Waals surface area contributed by atoms with Crippen LogP contribution in [0.2, 0.25) is 5.02 Å². The Morgan fingerprint density at radius 1 is 1.00 bits per heavy atom. The second-order valence-electron chi connectivity index (χ2n) is 6.95. The molecule has 0 radical (unpaired) electrons. The quantitative estimate of drug-likeness (QED) is 0.610. The Hall–Kier alpha value is -3.27. The number of hydrogen-bond acceptors (Lipinski definition) is 6. The first-order valence-electron chi connectivity index (χ1n) is 9.77. The topological polar surface area (TPSA) is 101 Å². The van der Waals surface area contributed by atoms with Gasteiger partial charge in [-0.05, 0) is 36.4 Å². The molecule has 0 aliphatic carbocycles. The normalized spacial score (nSPS) is 14.2. The Morgan fingerprint density at radius 3 is 2.39 bits per heavy atom. The number of nitrogens with one attached hydrogen (secondary N) is 2. The van der Waals surface area contributed by atoms with Crippen LogP contribution in [0, 0.1) is 0 Å². The van der Waals surface area contributed by atoms with E-state index in [-0.39, 0.29) is 17.5 Å². The van der Waals surface area contributed by atoms with E-state index >= 15 is 0 Å². The van der Waals surface area contributed by atoms with Crippen molar-refractivity contribution in [1.29, 1.82) is 0 Å². The molecule has 4 rings (SSSR count). The highest BCUT2D eigenvalue weighted by atomic mass is 35.5. The second kappa shape index (κ2) is 9.69. The summed E-state index contributed by atoms with van der Waals surface area (Å²) in [7, 11) is 0. The van der Waals surface area contributed by atoms with Gasteiger partial charge in [0.1, 0.15) is 0 Å². The van der Waals surface area contributed by atoms with Gasteiger partial charge in [0.05, 0.1) is 36.7 Å². The van der Waals surface area contributed by atoms with E-state index in [9.17, 15) is 9.59 Å². The summed E-state index contributed by atoms with van der Waals surface area (Å²) in [5, 5.41) is 13.9. The van der Waals surface area contributed by atoms with Gasteiger partial charge in [-0.15, -0.1) is 5.10 Å². The van der Waals surface area contributed by atoms with Gasteiger partial charge >= 0.3 is 0 Å². The number of anilines is 2. The second-order valence-corrected chi connectivity index (χ2v) is 7.36. The fourth-order valence-electron chi connectivity index (χ4n) is 3.19. The van der Waals surface area contributed by atoms with Crippen LogP contribution in [0.15, 0.2) is 54.7 Å². The summed E-state index contributed by atoms with van der Waals surface area (Å²) in [6, 6.07) is 14.0. The van der Waals surface area contributed by atoms with Crippen molar-refractivity contribution in [2.45, 2.75) is 0 Å². The number of rotatable bonds is 6. The highest BCUT2D eigenvalue weighted by molar-refractivity contribution is 6.32. The molecule has 0 atom stereocenters. The van der Waals surface area contributed by atoms with E-state index < -0.39 is 0 Å². The van der Waals surface area contributed by atoms with Gasteiger partial charge in [0.2, 0.25) is 5.91 Å². The molecule has 1 saturated heterocycles. The van der Waals surface area contributed by atoms with Gasteiger partial charge < -0.3 is 15.4 Å². The summed E-state index contributed by atoms with van der Waals surface area (Å²) in [6.45, 7) is 3.11. The van der Waals surface area contributed by atoms with Crippen molar-refractivity contribution < 1.29 is 14.3 Å².